The van der Waals surface area contributed by atoms with Crippen LogP contribution in [0.3, 0.4) is 0 Å². The fourth-order valence-electron chi connectivity index (χ4n) is 3.00. The van der Waals surface area contributed by atoms with Gasteiger partial charge in [0.15, 0.2) is 0 Å². The van der Waals surface area contributed by atoms with Crippen LogP contribution in [0.1, 0.15) is 0 Å². The van der Waals surface area contributed by atoms with Crippen LogP contribution in [0.2, 0.25) is 0 Å². The number of thioether (sulfide) groups is 1. The van der Waals surface area contributed by atoms with Crippen molar-refractivity contribution in [1.29, 1.82) is 0 Å². The monoisotopic (exact) mass is 412 g/mol. The topological polar surface area (TPSA) is 89.1 Å². The average Bonchev–Trinajstić information content (AvgIpc) is 3.11. The number of fused-ring (bicyclic) bond motifs is 3. The number of hydrogen-bond donors (Lipinski definition) is 2. The van der Waals surface area contributed by atoms with E-state index in [9.17, 15) is 9.18 Å². The first-order chi connectivity index (χ1) is 14.1. The van der Waals surface area contributed by atoms with Gasteiger partial charge in [0.1, 0.15) is 22.3 Å². The summed E-state index contributed by atoms with van der Waals surface area (Å²) in [6, 6.07) is 9.66. The standard InChI is InChI=1S/C20H17FN4O3S/c1-27-12-4-6-16(17(8-12)28-2)23-18(26)10-29-20-19-14(9-22-25-20)13-7-11(21)3-5-15(13)24-19/h3-9,24H,10H2,1-2H3,(H,23,26). The number of methoxy groups -OCH3 is 2. The summed E-state index contributed by atoms with van der Waals surface area (Å²) in [7, 11) is 3.08. The molecule has 0 radical (unpaired) electrons. The number of halogens is 1. The minimum Gasteiger partial charge on any atom is -0.497 e. The number of rotatable bonds is 6. The van der Waals surface area contributed by atoms with Crippen LogP contribution in [0, 0.1) is 5.82 Å². The molecule has 0 aliphatic rings. The molecule has 0 saturated heterocycles. The highest BCUT2D eigenvalue weighted by atomic mass is 32.2. The number of ether oxygens (including phenoxy) is 2. The molecule has 2 N–H and O–H groups in total. The number of anilines is 1. The summed E-state index contributed by atoms with van der Waals surface area (Å²) < 4.78 is 24.0. The second kappa shape index (κ2) is 7.96. The minimum atomic E-state index is -0.322. The van der Waals surface area contributed by atoms with Crippen molar-refractivity contribution < 1.29 is 18.7 Å². The lowest BCUT2D eigenvalue weighted by Gasteiger charge is -2.11. The second-order valence-electron chi connectivity index (χ2n) is 6.16. The van der Waals surface area contributed by atoms with E-state index in [2.05, 4.69) is 20.5 Å². The van der Waals surface area contributed by atoms with Crippen LogP contribution >= 0.6 is 11.8 Å². The van der Waals surface area contributed by atoms with Crippen LogP contribution in [-0.2, 0) is 4.79 Å². The van der Waals surface area contributed by atoms with Crippen molar-refractivity contribution in [2.24, 2.45) is 0 Å². The molecule has 1 amide bonds. The van der Waals surface area contributed by atoms with Crippen molar-refractivity contribution >= 4 is 45.2 Å². The Balaban J connectivity index is 1.52. The molecule has 0 bridgehead atoms. The molecule has 0 unspecified atom stereocenters. The molecule has 148 valence electrons. The normalized spacial score (nSPS) is 11.0. The van der Waals surface area contributed by atoms with E-state index in [1.54, 1.807) is 37.6 Å². The van der Waals surface area contributed by atoms with Crippen molar-refractivity contribution in [3.8, 4) is 11.5 Å². The second-order valence-corrected chi connectivity index (χ2v) is 7.12. The molecule has 4 aromatic rings. The van der Waals surface area contributed by atoms with Crippen LogP contribution in [0.15, 0.2) is 47.6 Å². The van der Waals surface area contributed by atoms with Crippen molar-refractivity contribution in [3.05, 3.63) is 48.4 Å². The molecule has 0 aliphatic heterocycles. The Morgan fingerprint density at radius 1 is 1.17 bits per heavy atom. The summed E-state index contributed by atoms with van der Waals surface area (Å²) in [5.41, 5.74) is 2.05. The Morgan fingerprint density at radius 3 is 2.83 bits per heavy atom. The molecule has 0 saturated carbocycles. The van der Waals surface area contributed by atoms with Gasteiger partial charge in [0, 0.05) is 22.4 Å². The van der Waals surface area contributed by atoms with Crippen LogP contribution in [0.4, 0.5) is 10.1 Å². The lowest BCUT2D eigenvalue weighted by Crippen LogP contribution is -2.15. The number of benzene rings is 2. The van der Waals surface area contributed by atoms with Gasteiger partial charge < -0.3 is 19.8 Å². The number of nitrogens with one attached hydrogen (secondary N) is 2. The summed E-state index contributed by atoms with van der Waals surface area (Å²) in [4.78, 5) is 15.7. The van der Waals surface area contributed by atoms with E-state index >= 15 is 0 Å². The van der Waals surface area contributed by atoms with Gasteiger partial charge in [-0.15, -0.1) is 5.10 Å². The van der Waals surface area contributed by atoms with Gasteiger partial charge in [-0.05, 0) is 30.3 Å². The maximum Gasteiger partial charge on any atom is 0.234 e. The Bertz CT molecular complexity index is 1210. The summed E-state index contributed by atoms with van der Waals surface area (Å²) in [5.74, 6) is 0.706. The van der Waals surface area contributed by atoms with Crippen LogP contribution in [-0.4, -0.2) is 41.1 Å². The first kappa shape index (κ1) is 19.0. The highest BCUT2D eigenvalue weighted by Gasteiger charge is 2.14. The summed E-state index contributed by atoms with van der Waals surface area (Å²) >= 11 is 1.24. The molecular formula is C20H17FN4O3S. The first-order valence-corrected chi connectivity index (χ1v) is 9.65. The maximum atomic E-state index is 13.6. The fourth-order valence-corrected chi connectivity index (χ4v) is 3.75. The molecule has 29 heavy (non-hydrogen) atoms. The van der Waals surface area contributed by atoms with Crippen LogP contribution < -0.4 is 14.8 Å². The van der Waals surface area contributed by atoms with Gasteiger partial charge in [0.05, 0.1) is 37.4 Å². The average molecular weight is 412 g/mol. The fraction of sp³-hybridized carbons (Fsp3) is 0.150. The number of aromatic nitrogens is 3. The third-order valence-corrected chi connectivity index (χ3v) is 5.34. The molecule has 7 nitrogen and oxygen atoms in total. The van der Waals surface area contributed by atoms with Gasteiger partial charge in [0.2, 0.25) is 5.91 Å². The van der Waals surface area contributed by atoms with Crippen molar-refractivity contribution in [1.82, 2.24) is 15.2 Å². The van der Waals surface area contributed by atoms with E-state index in [-0.39, 0.29) is 17.5 Å². The molecule has 4 rings (SSSR count). The lowest BCUT2D eigenvalue weighted by atomic mass is 10.2. The Kier molecular flexibility index (Phi) is 5.22. The molecule has 2 aromatic carbocycles. The molecule has 0 spiro atoms. The van der Waals surface area contributed by atoms with Gasteiger partial charge in [-0.25, -0.2) is 4.39 Å². The van der Waals surface area contributed by atoms with E-state index in [1.165, 1.54) is 31.0 Å². The third kappa shape index (κ3) is 3.81. The molecule has 9 heteroatoms. The molecule has 0 atom stereocenters. The first-order valence-electron chi connectivity index (χ1n) is 8.66. The number of nitrogens with zero attached hydrogens (tertiary/aromatic N) is 2. The SMILES string of the molecule is COc1ccc(NC(=O)CSc2nncc3c2[nH]c2ccc(F)cc23)c(OC)c1. The summed E-state index contributed by atoms with van der Waals surface area (Å²) in [6.45, 7) is 0. The molecule has 2 aromatic heterocycles. The third-order valence-electron chi connectivity index (χ3n) is 4.37. The number of H-pyrrole nitrogens is 1. The van der Waals surface area contributed by atoms with Crippen molar-refractivity contribution in [2.45, 2.75) is 5.03 Å². The van der Waals surface area contributed by atoms with Crippen LogP contribution in [0.5, 0.6) is 11.5 Å². The van der Waals surface area contributed by atoms with Gasteiger partial charge in [-0.1, -0.05) is 11.8 Å². The van der Waals surface area contributed by atoms with Crippen LogP contribution in [0.25, 0.3) is 21.8 Å². The zero-order valence-corrected chi connectivity index (χ0v) is 16.5. The predicted molar refractivity (Wildman–Crippen MR) is 110 cm³/mol. The number of aromatic amines is 1. The van der Waals surface area contributed by atoms with Gasteiger partial charge in [0.25, 0.3) is 0 Å². The number of carbonyl (C=O) groups is 1. The maximum absolute atomic E-state index is 13.6. The Morgan fingerprint density at radius 2 is 2.03 bits per heavy atom. The van der Waals surface area contributed by atoms with E-state index in [0.29, 0.717) is 22.2 Å². The highest BCUT2D eigenvalue weighted by molar-refractivity contribution is 8.00. The van der Waals surface area contributed by atoms with E-state index < -0.39 is 0 Å². The zero-order valence-electron chi connectivity index (χ0n) is 15.7. The molecular weight excluding hydrogens is 395 g/mol. The number of amides is 1. The van der Waals surface area contributed by atoms with Gasteiger partial charge in [-0.2, -0.15) is 5.10 Å². The Hall–Kier alpha value is -3.33. The predicted octanol–water partition coefficient (Wildman–Crippen LogP) is 4.00. The summed E-state index contributed by atoms with van der Waals surface area (Å²) in [6.07, 6.45) is 1.58. The number of hydrogen-bond acceptors (Lipinski definition) is 6. The highest BCUT2D eigenvalue weighted by Crippen LogP contribution is 2.32. The summed E-state index contributed by atoms with van der Waals surface area (Å²) in [5, 5.41) is 13.0. The molecule has 0 fully saturated rings. The zero-order chi connectivity index (χ0) is 20.4. The molecule has 0 aliphatic carbocycles. The van der Waals surface area contributed by atoms with Crippen molar-refractivity contribution in [3.63, 3.8) is 0 Å². The smallest absolute Gasteiger partial charge is 0.234 e. The van der Waals surface area contributed by atoms with E-state index in [4.69, 9.17) is 9.47 Å². The van der Waals surface area contributed by atoms with Crippen molar-refractivity contribution in [2.75, 3.05) is 25.3 Å². The van der Waals surface area contributed by atoms with E-state index in [1.807, 2.05) is 0 Å². The van der Waals surface area contributed by atoms with Gasteiger partial charge >= 0.3 is 0 Å². The lowest BCUT2D eigenvalue weighted by molar-refractivity contribution is -0.113. The Labute approximate surface area is 169 Å². The minimum absolute atomic E-state index is 0.118. The molecule has 2 heterocycles. The number of carbonyl (C=O) groups excluding carboxylic acids is 1. The largest absolute Gasteiger partial charge is 0.497 e. The van der Waals surface area contributed by atoms with Gasteiger partial charge in [-0.3, -0.25) is 4.79 Å². The van der Waals surface area contributed by atoms with E-state index in [0.717, 1.165) is 21.8 Å². The quantitative estimate of drug-likeness (QED) is 0.466.